The number of esters is 2. The lowest BCUT2D eigenvalue weighted by atomic mass is 10.1. The van der Waals surface area contributed by atoms with Gasteiger partial charge in [0.1, 0.15) is 6.54 Å². The molecule has 0 spiro atoms. The van der Waals surface area contributed by atoms with Crippen molar-refractivity contribution in [3.05, 3.63) is 35.9 Å². The summed E-state index contributed by atoms with van der Waals surface area (Å²) in [5.41, 5.74) is 0.779. The van der Waals surface area contributed by atoms with E-state index in [1.165, 1.54) is 11.9 Å². The highest BCUT2D eigenvalue weighted by atomic mass is 16.7. The number of hydrogen-bond acceptors (Lipinski definition) is 7. The Labute approximate surface area is 170 Å². The highest BCUT2D eigenvalue weighted by Crippen LogP contribution is 2.11. The number of rotatable bonds is 8. The van der Waals surface area contributed by atoms with Crippen LogP contribution in [0.15, 0.2) is 30.3 Å². The molecular weight excluding hydrogens is 378 g/mol. The second kappa shape index (κ2) is 11.7. The first-order valence-electron chi connectivity index (χ1n) is 9.28. The molecule has 1 amide bonds. The smallest absolute Gasteiger partial charge is 0.417 e. The Bertz CT molecular complexity index is 705. The molecule has 9 heteroatoms. The van der Waals surface area contributed by atoms with E-state index in [0.717, 1.165) is 5.56 Å². The number of carbonyl (C=O) groups is 3. The van der Waals surface area contributed by atoms with Gasteiger partial charge in [-0.15, -0.1) is 0 Å². The minimum absolute atomic E-state index is 0.0472. The molecule has 2 N–H and O–H groups in total. The molecule has 0 aromatic heterocycles. The first-order chi connectivity index (χ1) is 13.6. The van der Waals surface area contributed by atoms with Crippen LogP contribution in [0.4, 0.5) is 4.79 Å². The van der Waals surface area contributed by atoms with Gasteiger partial charge in [-0.3, -0.25) is 20.3 Å². The molecule has 0 saturated carbocycles. The Morgan fingerprint density at radius 3 is 2.17 bits per heavy atom. The van der Waals surface area contributed by atoms with E-state index in [1.807, 2.05) is 18.2 Å². The highest BCUT2D eigenvalue weighted by molar-refractivity contribution is 5.93. The van der Waals surface area contributed by atoms with E-state index < -0.39 is 24.3 Å². The van der Waals surface area contributed by atoms with Gasteiger partial charge in [-0.2, -0.15) is 0 Å². The lowest BCUT2D eigenvalue weighted by Gasteiger charge is -2.23. The van der Waals surface area contributed by atoms with Crippen LogP contribution in [0.3, 0.4) is 0 Å². The zero-order valence-electron chi connectivity index (χ0n) is 17.4. The summed E-state index contributed by atoms with van der Waals surface area (Å²) < 4.78 is 15.4. The fourth-order valence-corrected chi connectivity index (χ4v) is 2.13. The summed E-state index contributed by atoms with van der Waals surface area (Å²) in [6.45, 7) is 6.67. The van der Waals surface area contributed by atoms with E-state index in [4.69, 9.17) is 19.6 Å². The van der Waals surface area contributed by atoms with E-state index in [9.17, 15) is 14.4 Å². The quantitative estimate of drug-likeness (QED) is 0.294. The number of alkyl carbamates (subject to hydrolysis) is 1. The maximum absolute atomic E-state index is 12.1. The summed E-state index contributed by atoms with van der Waals surface area (Å²) in [5, 5.41) is 10.0. The number of likely N-dealkylation sites (N-methyl/N-ethyl adjacent to an activating group) is 1. The van der Waals surface area contributed by atoms with Gasteiger partial charge in [0.2, 0.25) is 5.96 Å². The van der Waals surface area contributed by atoms with Gasteiger partial charge in [-0.05, 0) is 19.4 Å². The zero-order chi connectivity index (χ0) is 22.0. The minimum atomic E-state index is -1.12. The predicted octanol–water partition coefficient (Wildman–Crippen LogP) is 2.30. The summed E-state index contributed by atoms with van der Waals surface area (Å²) in [4.78, 5) is 37.0. The molecule has 1 atom stereocenters. The number of guanidine groups is 1. The van der Waals surface area contributed by atoms with Crippen LogP contribution in [-0.4, -0.2) is 54.9 Å². The molecule has 0 aliphatic carbocycles. The van der Waals surface area contributed by atoms with Gasteiger partial charge in [-0.25, -0.2) is 4.79 Å². The van der Waals surface area contributed by atoms with Crippen molar-refractivity contribution in [2.75, 3.05) is 13.6 Å². The van der Waals surface area contributed by atoms with Crippen LogP contribution in [0.5, 0.6) is 0 Å². The first-order valence-corrected chi connectivity index (χ1v) is 9.28. The fourth-order valence-electron chi connectivity index (χ4n) is 2.13. The number of carbonyl (C=O) groups excluding carboxylic acids is 3. The summed E-state index contributed by atoms with van der Waals surface area (Å²) in [6, 6.07) is 9.05. The van der Waals surface area contributed by atoms with E-state index in [2.05, 4.69) is 5.32 Å². The molecule has 160 valence electrons. The molecule has 0 bridgehead atoms. The van der Waals surface area contributed by atoms with Crippen molar-refractivity contribution in [1.82, 2.24) is 10.2 Å². The van der Waals surface area contributed by atoms with E-state index in [1.54, 1.807) is 39.8 Å². The molecule has 0 radical (unpaired) electrons. The molecule has 0 heterocycles. The van der Waals surface area contributed by atoms with E-state index >= 15 is 0 Å². The van der Waals surface area contributed by atoms with Gasteiger partial charge in [0.15, 0.2) is 0 Å². The highest BCUT2D eigenvalue weighted by Gasteiger charge is 2.24. The molecule has 0 aliphatic heterocycles. The van der Waals surface area contributed by atoms with Crippen molar-refractivity contribution < 1.29 is 28.6 Å². The Morgan fingerprint density at radius 2 is 1.62 bits per heavy atom. The van der Waals surface area contributed by atoms with Crippen LogP contribution in [-0.2, 0) is 30.2 Å². The van der Waals surface area contributed by atoms with E-state index in [0.29, 0.717) is 0 Å². The second-order valence-corrected chi connectivity index (χ2v) is 7.04. The van der Waals surface area contributed by atoms with Crippen LogP contribution in [0.25, 0.3) is 0 Å². The maximum Gasteiger partial charge on any atom is 0.417 e. The summed E-state index contributed by atoms with van der Waals surface area (Å²) in [6.07, 6.45) is -2.31. The summed E-state index contributed by atoms with van der Waals surface area (Å²) in [7, 11) is 1.45. The molecule has 0 aliphatic rings. The average Bonchev–Trinajstić information content (AvgIpc) is 2.60. The average molecular weight is 407 g/mol. The molecule has 1 rings (SSSR count). The third kappa shape index (κ3) is 9.59. The molecular formula is C20H29N3O6. The predicted molar refractivity (Wildman–Crippen MR) is 106 cm³/mol. The number of amides is 1. The Hall–Kier alpha value is -3.10. The number of ether oxygens (including phenoxy) is 3. The van der Waals surface area contributed by atoms with Gasteiger partial charge in [-0.1, -0.05) is 44.2 Å². The van der Waals surface area contributed by atoms with Crippen LogP contribution in [0, 0.1) is 11.3 Å². The fraction of sp³-hybridized carbons (Fsp3) is 0.500. The molecule has 1 aromatic rings. The number of nitrogens with one attached hydrogen (secondary N) is 2. The topological polar surface area (TPSA) is 118 Å². The van der Waals surface area contributed by atoms with Gasteiger partial charge in [0.05, 0.1) is 12.5 Å². The van der Waals surface area contributed by atoms with Crippen LogP contribution >= 0.6 is 0 Å². The number of benzene rings is 1. The van der Waals surface area contributed by atoms with Crippen LogP contribution < -0.4 is 5.32 Å². The molecule has 9 nitrogen and oxygen atoms in total. The van der Waals surface area contributed by atoms with Gasteiger partial charge in [0, 0.05) is 13.0 Å². The van der Waals surface area contributed by atoms with Crippen molar-refractivity contribution in [2.24, 2.45) is 5.92 Å². The molecule has 0 saturated heterocycles. The van der Waals surface area contributed by atoms with Crippen molar-refractivity contribution in [3.63, 3.8) is 0 Å². The molecule has 1 unspecified atom stereocenters. The maximum atomic E-state index is 12.1. The number of hydrogen-bond donors (Lipinski definition) is 2. The monoisotopic (exact) mass is 407 g/mol. The van der Waals surface area contributed by atoms with Gasteiger partial charge in [0.25, 0.3) is 6.29 Å². The van der Waals surface area contributed by atoms with Crippen molar-refractivity contribution in [1.29, 1.82) is 5.41 Å². The third-order valence-electron chi connectivity index (χ3n) is 3.54. The number of nitrogens with zero attached hydrogens (tertiary/aromatic N) is 1. The summed E-state index contributed by atoms with van der Waals surface area (Å²) >= 11 is 0. The van der Waals surface area contributed by atoms with Gasteiger partial charge < -0.3 is 19.1 Å². The van der Waals surface area contributed by atoms with Crippen LogP contribution in [0.1, 0.15) is 33.3 Å². The molecule has 0 fully saturated rings. The Balaban J connectivity index is 2.53. The SMILES string of the molecule is CC(C)OC(=O)CN(C)C(=N)NC(=O)OC(OC(=O)Cc1ccccc1)C(C)C. The summed E-state index contributed by atoms with van der Waals surface area (Å²) in [5.74, 6) is -1.72. The standard InChI is InChI=1S/C20H29N3O6/c1-13(2)18(28-16(24)11-15-9-7-6-8-10-15)29-20(26)22-19(21)23(5)12-17(25)27-14(3)4/h6-10,13-14,18H,11-12H2,1-5H3,(H2,21,22,26). The first kappa shape index (κ1) is 23.9. The largest absolute Gasteiger partial charge is 0.462 e. The lowest BCUT2D eigenvalue weighted by Crippen LogP contribution is -2.45. The Morgan fingerprint density at radius 1 is 1.00 bits per heavy atom. The normalized spacial score (nSPS) is 11.6. The van der Waals surface area contributed by atoms with E-state index in [-0.39, 0.29) is 30.9 Å². The van der Waals surface area contributed by atoms with Crippen molar-refractivity contribution >= 4 is 24.0 Å². The van der Waals surface area contributed by atoms with Gasteiger partial charge >= 0.3 is 18.0 Å². The van der Waals surface area contributed by atoms with Crippen molar-refractivity contribution in [2.45, 2.75) is 46.5 Å². The van der Waals surface area contributed by atoms with Crippen molar-refractivity contribution in [3.8, 4) is 0 Å². The van der Waals surface area contributed by atoms with Crippen LogP contribution in [0.2, 0.25) is 0 Å². The second-order valence-electron chi connectivity index (χ2n) is 7.04. The molecule has 1 aromatic carbocycles. The minimum Gasteiger partial charge on any atom is -0.462 e. The Kier molecular flexibility index (Phi) is 9.64. The molecule has 29 heavy (non-hydrogen) atoms. The zero-order valence-corrected chi connectivity index (χ0v) is 17.4. The third-order valence-corrected chi connectivity index (χ3v) is 3.54. The lowest BCUT2D eigenvalue weighted by molar-refractivity contribution is -0.174.